The van der Waals surface area contributed by atoms with Crippen molar-refractivity contribution in [2.45, 2.75) is 98.1 Å². The Kier molecular flexibility index (Phi) is 6.95. The fourth-order valence-electron chi connectivity index (χ4n) is 2.54. The zero-order valence-electron chi connectivity index (χ0n) is 16.0. The van der Waals surface area contributed by atoms with Crippen LogP contribution in [0.1, 0.15) is 81.1 Å². The van der Waals surface area contributed by atoms with Gasteiger partial charge in [0.1, 0.15) is 0 Å². The third-order valence-corrected chi connectivity index (χ3v) is 4.94. The van der Waals surface area contributed by atoms with Gasteiger partial charge in [-0.3, -0.25) is 0 Å². The molecule has 0 aromatic heterocycles. The summed E-state index contributed by atoms with van der Waals surface area (Å²) in [5.74, 6) is 0.419. The van der Waals surface area contributed by atoms with Gasteiger partial charge in [0.25, 0.3) is 0 Å². The van der Waals surface area contributed by atoms with Crippen molar-refractivity contribution in [1.29, 1.82) is 0 Å². The van der Waals surface area contributed by atoms with Crippen LogP contribution in [0.2, 0.25) is 5.82 Å². The lowest BCUT2D eigenvalue weighted by Gasteiger charge is -2.32. The van der Waals surface area contributed by atoms with E-state index in [4.69, 9.17) is 9.31 Å². The number of rotatable bonds is 7. The van der Waals surface area contributed by atoms with Crippen LogP contribution >= 0.6 is 0 Å². The van der Waals surface area contributed by atoms with Crippen LogP contribution in [-0.4, -0.2) is 18.3 Å². The minimum Gasteiger partial charge on any atom is -0.403 e. The van der Waals surface area contributed by atoms with E-state index in [1.165, 1.54) is 11.1 Å². The lowest BCUT2D eigenvalue weighted by Crippen LogP contribution is -2.41. The Labute approximate surface area is 138 Å². The molecule has 1 atom stereocenters. The SMILES string of the molecule is CC(C)=CCC/C(C)=C/CC[C@@H](C)B1OC(C)(C)C(C)(C)O1. The Bertz CT molecular complexity index is 401. The van der Waals surface area contributed by atoms with Gasteiger partial charge < -0.3 is 9.31 Å². The molecule has 0 saturated carbocycles. The van der Waals surface area contributed by atoms with Gasteiger partial charge in [0.15, 0.2) is 0 Å². The van der Waals surface area contributed by atoms with Crippen molar-refractivity contribution < 1.29 is 9.31 Å². The fraction of sp³-hybridized carbons (Fsp3) is 0.789. The first kappa shape index (κ1) is 19.5. The Morgan fingerprint density at radius 2 is 1.50 bits per heavy atom. The van der Waals surface area contributed by atoms with Crippen molar-refractivity contribution in [3.05, 3.63) is 23.3 Å². The second kappa shape index (κ2) is 7.83. The van der Waals surface area contributed by atoms with E-state index in [0.29, 0.717) is 5.82 Å². The van der Waals surface area contributed by atoms with Crippen LogP contribution in [-0.2, 0) is 9.31 Å². The van der Waals surface area contributed by atoms with Crippen LogP contribution in [0.25, 0.3) is 0 Å². The van der Waals surface area contributed by atoms with Gasteiger partial charge in [-0.05, 0) is 80.0 Å². The molecule has 1 heterocycles. The van der Waals surface area contributed by atoms with Crippen molar-refractivity contribution in [2.75, 3.05) is 0 Å². The Hall–Kier alpha value is -0.535. The van der Waals surface area contributed by atoms with E-state index in [1.54, 1.807) is 0 Å². The summed E-state index contributed by atoms with van der Waals surface area (Å²) >= 11 is 0. The zero-order valence-corrected chi connectivity index (χ0v) is 16.0. The first-order chi connectivity index (χ1) is 10.0. The van der Waals surface area contributed by atoms with Crippen molar-refractivity contribution in [1.82, 2.24) is 0 Å². The molecule has 0 aliphatic carbocycles. The van der Waals surface area contributed by atoms with E-state index in [-0.39, 0.29) is 18.3 Å². The molecule has 1 aliphatic heterocycles. The summed E-state index contributed by atoms with van der Waals surface area (Å²) in [5.41, 5.74) is 2.45. The van der Waals surface area contributed by atoms with Gasteiger partial charge in [-0.2, -0.15) is 0 Å². The van der Waals surface area contributed by atoms with Crippen LogP contribution in [0.4, 0.5) is 0 Å². The average molecular weight is 306 g/mol. The average Bonchev–Trinajstić information content (AvgIpc) is 2.58. The second-order valence-corrected chi connectivity index (χ2v) is 8.05. The molecular weight excluding hydrogens is 271 g/mol. The van der Waals surface area contributed by atoms with Gasteiger partial charge in [0.2, 0.25) is 0 Å². The van der Waals surface area contributed by atoms with E-state index in [1.807, 2.05) is 0 Å². The number of hydrogen-bond donors (Lipinski definition) is 0. The van der Waals surface area contributed by atoms with Gasteiger partial charge in [0.05, 0.1) is 11.2 Å². The Morgan fingerprint density at radius 3 is 2.00 bits per heavy atom. The highest BCUT2D eigenvalue weighted by molar-refractivity contribution is 6.47. The molecule has 126 valence electrons. The molecule has 1 rings (SSSR count). The minimum atomic E-state index is -0.220. The normalized spacial score (nSPS) is 21.8. The molecule has 0 N–H and O–H groups in total. The maximum absolute atomic E-state index is 6.12. The summed E-state index contributed by atoms with van der Waals surface area (Å²) in [5, 5.41) is 0. The lowest BCUT2D eigenvalue weighted by atomic mass is 9.70. The largest absolute Gasteiger partial charge is 0.460 e. The summed E-state index contributed by atoms with van der Waals surface area (Å²) in [6, 6.07) is 0. The van der Waals surface area contributed by atoms with Gasteiger partial charge in [-0.15, -0.1) is 0 Å². The van der Waals surface area contributed by atoms with Crippen LogP contribution in [0.15, 0.2) is 23.3 Å². The lowest BCUT2D eigenvalue weighted by molar-refractivity contribution is 0.00578. The van der Waals surface area contributed by atoms with Crippen molar-refractivity contribution in [2.24, 2.45) is 0 Å². The molecule has 0 spiro atoms. The van der Waals surface area contributed by atoms with E-state index in [0.717, 1.165) is 25.7 Å². The predicted octanol–water partition coefficient (Wildman–Crippen LogP) is 5.94. The second-order valence-electron chi connectivity index (χ2n) is 8.05. The molecule has 0 radical (unpaired) electrons. The topological polar surface area (TPSA) is 18.5 Å². The van der Waals surface area contributed by atoms with Crippen LogP contribution in [0, 0.1) is 0 Å². The third-order valence-electron chi connectivity index (χ3n) is 4.94. The molecule has 0 bridgehead atoms. The first-order valence-electron chi connectivity index (χ1n) is 8.70. The number of allylic oxidation sites excluding steroid dienone is 4. The molecule has 0 aromatic rings. The van der Waals surface area contributed by atoms with Crippen LogP contribution in [0.3, 0.4) is 0 Å². The molecule has 0 amide bonds. The standard InChI is InChI=1S/C19H35BO2/c1-15(2)11-9-12-16(3)13-10-14-17(4)20-21-18(5,6)19(7,8)22-20/h11,13,17H,9-10,12,14H2,1-8H3/b16-13+/t17-/m1/s1. The van der Waals surface area contributed by atoms with Gasteiger partial charge in [-0.25, -0.2) is 0 Å². The molecule has 3 heteroatoms. The molecular formula is C19H35BO2. The Morgan fingerprint density at radius 1 is 0.955 bits per heavy atom. The highest BCUT2D eigenvalue weighted by Crippen LogP contribution is 2.40. The van der Waals surface area contributed by atoms with Gasteiger partial charge in [-0.1, -0.05) is 30.2 Å². The monoisotopic (exact) mass is 306 g/mol. The van der Waals surface area contributed by atoms with E-state index in [2.05, 4.69) is 67.5 Å². The quantitative estimate of drug-likeness (QED) is 0.428. The van der Waals surface area contributed by atoms with E-state index in [9.17, 15) is 0 Å². The van der Waals surface area contributed by atoms with Crippen LogP contribution < -0.4 is 0 Å². The van der Waals surface area contributed by atoms with E-state index < -0.39 is 0 Å². The molecule has 1 fully saturated rings. The van der Waals surface area contributed by atoms with Crippen molar-refractivity contribution >= 4 is 7.12 Å². The molecule has 1 aliphatic rings. The highest BCUT2D eigenvalue weighted by atomic mass is 16.7. The maximum atomic E-state index is 6.12. The highest BCUT2D eigenvalue weighted by Gasteiger charge is 2.52. The summed E-state index contributed by atoms with van der Waals surface area (Å²) < 4.78 is 12.2. The minimum absolute atomic E-state index is 0.0793. The summed E-state index contributed by atoms with van der Waals surface area (Å²) in [6.45, 7) is 17.3. The van der Waals surface area contributed by atoms with Crippen LogP contribution in [0.5, 0.6) is 0 Å². The van der Waals surface area contributed by atoms with Crippen molar-refractivity contribution in [3.63, 3.8) is 0 Å². The first-order valence-corrected chi connectivity index (χ1v) is 8.70. The van der Waals surface area contributed by atoms with Crippen molar-refractivity contribution in [3.8, 4) is 0 Å². The molecule has 22 heavy (non-hydrogen) atoms. The third kappa shape index (κ3) is 5.59. The smallest absolute Gasteiger partial charge is 0.403 e. The van der Waals surface area contributed by atoms with E-state index >= 15 is 0 Å². The molecule has 1 saturated heterocycles. The summed E-state index contributed by atoms with van der Waals surface area (Å²) in [7, 11) is -0.0793. The predicted molar refractivity (Wildman–Crippen MR) is 97.2 cm³/mol. The maximum Gasteiger partial charge on any atom is 0.460 e. The Balaban J connectivity index is 2.38. The summed E-state index contributed by atoms with van der Waals surface area (Å²) in [4.78, 5) is 0. The van der Waals surface area contributed by atoms with Gasteiger partial charge >= 0.3 is 7.12 Å². The molecule has 2 nitrogen and oxygen atoms in total. The fourth-order valence-corrected chi connectivity index (χ4v) is 2.54. The molecule has 0 unspecified atom stereocenters. The zero-order chi connectivity index (χ0) is 17.0. The summed E-state index contributed by atoms with van der Waals surface area (Å²) in [6.07, 6.45) is 9.21. The molecule has 0 aromatic carbocycles. The van der Waals surface area contributed by atoms with Gasteiger partial charge in [0, 0.05) is 0 Å². The number of hydrogen-bond acceptors (Lipinski definition) is 2.